The first-order valence-electron chi connectivity index (χ1n) is 5.73. The molecule has 18 heavy (non-hydrogen) atoms. The number of anilines is 1. The monoisotopic (exact) mass is 250 g/mol. The van der Waals surface area contributed by atoms with Crippen LogP contribution < -0.4 is 10.2 Å². The number of carbonyl (C=O) groups excluding carboxylic acids is 2. The van der Waals surface area contributed by atoms with Crippen LogP contribution in [0.2, 0.25) is 0 Å². The van der Waals surface area contributed by atoms with E-state index in [2.05, 4.69) is 15.5 Å². The number of rotatable bonds is 3. The van der Waals surface area contributed by atoms with Crippen LogP contribution in [-0.2, 0) is 9.53 Å². The highest BCUT2D eigenvalue weighted by Gasteiger charge is 2.18. The molecule has 7 nitrogen and oxygen atoms in total. The Labute approximate surface area is 104 Å². The maximum atomic E-state index is 11.4. The molecule has 96 valence electrons. The fourth-order valence-corrected chi connectivity index (χ4v) is 1.64. The first kappa shape index (κ1) is 12.3. The van der Waals surface area contributed by atoms with E-state index in [9.17, 15) is 9.59 Å². The molecule has 1 N–H and O–H groups in total. The van der Waals surface area contributed by atoms with Crippen LogP contribution in [0.25, 0.3) is 0 Å². The summed E-state index contributed by atoms with van der Waals surface area (Å²) in [5.41, 5.74) is 0.169. The first-order valence-corrected chi connectivity index (χ1v) is 5.73. The average molecular weight is 250 g/mol. The van der Waals surface area contributed by atoms with Gasteiger partial charge in [0.05, 0.1) is 13.2 Å². The number of aromatic nitrogens is 2. The van der Waals surface area contributed by atoms with Crippen LogP contribution in [0.1, 0.15) is 17.4 Å². The fourth-order valence-electron chi connectivity index (χ4n) is 1.64. The van der Waals surface area contributed by atoms with Crippen LogP contribution in [0, 0.1) is 0 Å². The van der Waals surface area contributed by atoms with Gasteiger partial charge in [-0.1, -0.05) is 0 Å². The zero-order valence-corrected chi connectivity index (χ0v) is 10.0. The molecule has 1 saturated heterocycles. The first-order chi connectivity index (χ1) is 8.70. The number of amides is 1. The van der Waals surface area contributed by atoms with E-state index in [1.54, 1.807) is 24.0 Å². The highest BCUT2D eigenvalue weighted by atomic mass is 16.5. The van der Waals surface area contributed by atoms with Crippen molar-refractivity contribution >= 4 is 17.7 Å². The third-order valence-corrected chi connectivity index (χ3v) is 2.50. The number of piperazine rings is 1. The SMILES string of the molecule is CCOC(=O)c1ccc(N2CCNC(=O)C2)nn1. The lowest BCUT2D eigenvalue weighted by Gasteiger charge is -2.26. The zero-order valence-electron chi connectivity index (χ0n) is 10.0. The molecule has 0 aliphatic carbocycles. The van der Waals surface area contributed by atoms with Gasteiger partial charge in [-0.2, -0.15) is 0 Å². The average Bonchev–Trinajstić information content (AvgIpc) is 2.39. The lowest BCUT2D eigenvalue weighted by Crippen LogP contribution is -2.48. The van der Waals surface area contributed by atoms with Crippen molar-refractivity contribution in [1.29, 1.82) is 0 Å². The molecule has 1 aromatic rings. The van der Waals surface area contributed by atoms with Crippen molar-refractivity contribution < 1.29 is 14.3 Å². The molecular weight excluding hydrogens is 236 g/mol. The standard InChI is InChI=1S/C11H14N4O3/c1-2-18-11(17)8-3-4-9(14-13-8)15-6-5-12-10(16)7-15/h3-4H,2,5-7H2,1H3,(H,12,16). The molecule has 0 radical (unpaired) electrons. The smallest absolute Gasteiger partial charge is 0.358 e. The van der Waals surface area contributed by atoms with Crippen molar-refractivity contribution in [3.05, 3.63) is 17.8 Å². The molecule has 2 rings (SSSR count). The van der Waals surface area contributed by atoms with Crippen LogP contribution in [0.5, 0.6) is 0 Å². The van der Waals surface area contributed by atoms with Gasteiger partial charge in [0, 0.05) is 13.1 Å². The van der Waals surface area contributed by atoms with Crippen molar-refractivity contribution in [2.45, 2.75) is 6.92 Å². The number of nitrogens with zero attached hydrogens (tertiary/aromatic N) is 3. The molecule has 0 aromatic carbocycles. The summed E-state index contributed by atoms with van der Waals surface area (Å²) >= 11 is 0. The summed E-state index contributed by atoms with van der Waals surface area (Å²) in [5.74, 6) is 0.0448. The topological polar surface area (TPSA) is 84.4 Å². The molecule has 0 atom stereocenters. The van der Waals surface area contributed by atoms with Crippen LogP contribution >= 0.6 is 0 Å². The van der Waals surface area contributed by atoms with E-state index in [0.29, 0.717) is 25.5 Å². The predicted octanol–water partition coefficient (Wildman–Crippen LogP) is -0.410. The van der Waals surface area contributed by atoms with Gasteiger partial charge in [-0.05, 0) is 19.1 Å². The third-order valence-electron chi connectivity index (χ3n) is 2.50. The highest BCUT2D eigenvalue weighted by Crippen LogP contribution is 2.10. The van der Waals surface area contributed by atoms with Gasteiger partial charge in [0.1, 0.15) is 0 Å². The number of carbonyl (C=O) groups is 2. The molecule has 2 heterocycles. The lowest BCUT2D eigenvalue weighted by atomic mass is 10.3. The van der Waals surface area contributed by atoms with E-state index in [0.717, 1.165) is 0 Å². The fraction of sp³-hybridized carbons (Fsp3) is 0.455. The van der Waals surface area contributed by atoms with Gasteiger partial charge >= 0.3 is 5.97 Å². The number of hydrogen-bond donors (Lipinski definition) is 1. The van der Waals surface area contributed by atoms with Gasteiger partial charge in [-0.25, -0.2) is 4.79 Å². The summed E-state index contributed by atoms with van der Waals surface area (Å²) in [4.78, 5) is 24.4. The zero-order chi connectivity index (χ0) is 13.0. The Balaban J connectivity index is 2.07. The summed E-state index contributed by atoms with van der Waals surface area (Å²) in [6.45, 7) is 3.55. The number of ether oxygens (including phenoxy) is 1. The van der Waals surface area contributed by atoms with Crippen LogP contribution in [0.4, 0.5) is 5.82 Å². The van der Waals surface area contributed by atoms with E-state index in [1.165, 1.54) is 0 Å². The molecule has 1 aromatic heterocycles. The summed E-state index contributed by atoms with van der Waals surface area (Å²) in [6.07, 6.45) is 0. The Hall–Kier alpha value is -2.18. The number of esters is 1. The summed E-state index contributed by atoms with van der Waals surface area (Å²) in [6, 6.07) is 3.21. The Morgan fingerprint density at radius 1 is 1.50 bits per heavy atom. The van der Waals surface area contributed by atoms with E-state index in [1.807, 2.05) is 0 Å². The third kappa shape index (κ3) is 2.73. The van der Waals surface area contributed by atoms with Crippen molar-refractivity contribution in [2.24, 2.45) is 0 Å². The van der Waals surface area contributed by atoms with E-state index in [-0.39, 0.29) is 18.1 Å². The molecule has 0 unspecified atom stereocenters. The van der Waals surface area contributed by atoms with E-state index < -0.39 is 5.97 Å². The quantitative estimate of drug-likeness (QED) is 0.734. The molecule has 7 heteroatoms. The van der Waals surface area contributed by atoms with Crippen LogP contribution in [0.3, 0.4) is 0 Å². The van der Waals surface area contributed by atoms with Crippen LogP contribution in [0.15, 0.2) is 12.1 Å². The number of hydrogen-bond acceptors (Lipinski definition) is 6. The largest absolute Gasteiger partial charge is 0.461 e. The molecular formula is C11H14N4O3. The molecule has 1 fully saturated rings. The Bertz CT molecular complexity index is 446. The van der Waals surface area contributed by atoms with Crippen LogP contribution in [-0.4, -0.2) is 48.3 Å². The molecule has 1 aliphatic heterocycles. The van der Waals surface area contributed by atoms with Gasteiger partial charge in [0.2, 0.25) is 5.91 Å². The minimum absolute atomic E-state index is 0.0440. The van der Waals surface area contributed by atoms with Crippen molar-refractivity contribution in [2.75, 3.05) is 31.1 Å². The highest BCUT2D eigenvalue weighted by molar-refractivity contribution is 5.87. The normalized spacial score (nSPS) is 15.2. The maximum absolute atomic E-state index is 11.4. The van der Waals surface area contributed by atoms with Gasteiger partial charge in [0.15, 0.2) is 11.5 Å². The summed E-state index contributed by atoms with van der Waals surface area (Å²) in [7, 11) is 0. The lowest BCUT2D eigenvalue weighted by molar-refractivity contribution is -0.120. The van der Waals surface area contributed by atoms with Gasteiger partial charge in [-0.15, -0.1) is 10.2 Å². The summed E-state index contributed by atoms with van der Waals surface area (Å²) < 4.78 is 4.81. The molecule has 1 aliphatic rings. The Morgan fingerprint density at radius 2 is 2.33 bits per heavy atom. The number of nitrogens with one attached hydrogen (secondary N) is 1. The van der Waals surface area contributed by atoms with Crippen molar-refractivity contribution in [3.63, 3.8) is 0 Å². The molecule has 0 saturated carbocycles. The Kier molecular flexibility index (Phi) is 3.71. The second kappa shape index (κ2) is 5.44. The summed E-state index contributed by atoms with van der Waals surface area (Å²) in [5, 5.41) is 10.5. The molecule has 1 amide bonds. The van der Waals surface area contributed by atoms with Gasteiger partial charge in [0.25, 0.3) is 0 Å². The Morgan fingerprint density at radius 3 is 2.94 bits per heavy atom. The van der Waals surface area contributed by atoms with Crippen molar-refractivity contribution in [1.82, 2.24) is 15.5 Å². The van der Waals surface area contributed by atoms with E-state index in [4.69, 9.17) is 4.74 Å². The van der Waals surface area contributed by atoms with Gasteiger partial charge < -0.3 is 15.0 Å². The van der Waals surface area contributed by atoms with E-state index >= 15 is 0 Å². The second-order valence-corrected chi connectivity index (χ2v) is 3.77. The predicted molar refractivity (Wildman–Crippen MR) is 63.2 cm³/mol. The minimum Gasteiger partial charge on any atom is -0.461 e. The van der Waals surface area contributed by atoms with Gasteiger partial charge in [-0.3, -0.25) is 4.79 Å². The molecule has 0 spiro atoms. The second-order valence-electron chi connectivity index (χ2n) is 3.77. The molecule has 0 bridgehead atoms. The minimum atomic E-state index is -0.493. The maximum Gasteiger partial charge on any atom is 0.358 e. The van der Waals surface area contributed by atoms with Crippen molar-refractivity contribution in [3.8, 4) is 0 Å².